The van der Waals surface area contributed by atoms with Crippen LogP contribution in [0.4, 0.5) is 0 Å². The summed E-state index contributed by atoms with van der Waals surface area (Å²) in [6, 6.07) is 0. The maximum absolute atomic E-state index is 10.4. The molecule has 0 aliphatic heterocycles. The Hall–Kier alpha value is -0.0500. The second kappa shape index (κ2) is 2.29. The predicted molar refractivity (Wildman–Crippen MR) is 35.1 cm³/mol. The normalized spacial score (nSPS) is 24.1. The van der Waals surface area contributed by atoms with Crippen LogP contribution in [0.25, 0.3) is 0 Å². The Morgan fingerprint density at radius 1 is 1.44 bits per heavy atom. The number of carboxylic acid groups (broad SMARTS) is 1. The number of hydrogen-bond donors (Lipinski definition) is 0. The first-order valence-corrected chi connectivity index (χ1v) is 3.85. The molecule has 0 radical (unpaired) electrons. The zero-order valence-electron chi connectivity index (χ0n) is 5.02. The molecule has 0 heterocycles. The van der Waals surface area contributed by atoms with E-state index in [9.17, 15) is 9.90 Å². The Labute approximate surface area is 62.4 Å². The van der Waals surface area contributed by atoms with E-state index in [-0.39, 0.29) is 0 Å². The van der Waals surface area contributed by atoms with Crippen molar-refractivity contribution in [3.05, 3.63) is 0 Å². The number of aliphatic carboxylic acids is 1. The van der Waals surface area contributed by atoms with Crippen molar-refractivity contribution in [1.29, 1.82) is 0 Å². The van der Waals surface area contributed by atoms with Crippen LogP contribution < -0.4 is 5.11 Å². The monoisotopic (exact) mass is 191 g/mol. The molecule has 3 heteroatoms. The highest BCUT2D eigenvalue weighted by molar-refractivity contribution is 9.10. The molecule has 1 aliphatic rings. The highest BCUT2D eigenvalue weighted by Gasteiger charge is 2.31. The highest BCUT2D eigenvalue weighted by Crippen LogP contribution is 2.36. The summed E-state index contributed by atoms with van der Waals surface area (Å²) in [5, 5.41) is 10.4. The Bertz CT molecular complexity index is 127. The second-order valence-electron chi connectivity index (χ2n) is 2.46. The van der Waals surface area contributed by atoms with E-state index in [2.05, 4.69) is 15.9 Å². The molecule has 0 aromatic rings. The van der Waals surface area contributed by atoms with Crippen LogP contribution in [0.1, 0.15) is 25.7 Å². The van der Waals surface area contributed by atoms with Crippen molar-refractivity contribution < 1.29 is 9.90 Å². The minimum atomic E-state index is -0.958. The minimum absolute atomic E-state index is 0.687. The molecular weight excluding hydrogens is 184 g/mol. The average molecular weight is 192 g/mol. The van der Waals surface area contributed by atoms with Gasteiger partial charge >= 0.3 is 0 Å². The van der Waals surface area contributed by atoms with Crippen molar-refractivity contribution in [3.63, 3.8) is 0 Å². The number of rotatable bonds is 1. The van der Waals surface area contributed by atoms with Gasteiger partial charge in [0, 0.05) is 0 Å². The Kier molecular flexibility index (Phi) is 1.80. The number of carbonyl (C=O) groups is 1. The summed E-state index contributed by atoms with van der Waals surface area (Å²) in [5.74, 6) is -0.958. The molecule has 0 spiro atoms. The van der Waals surface area contributed by atoms with Gasteiger partial charge in [0.05, 0.1) is 10.3 Å². The first kappa shape index (κ1) is 7.06. The number of carboxylic acids is 1. The smallest absolute Gasteiger partial charge is 0.0651 e. The van der Waals surface area contributed by atoms with E-state index in [1.54, 1.807) is 0 Å². The Morgan fingerprint density at radius 2 is 1.89 bits per heavy atom. The molecule has 1 aliphatic carbocycles. The van der Waals surface area contributed by atoms with Crippen LogP contribution in [0.3, 0.4) is 0 Å². The lowest BCUT2D eigenvalue weighted by molar-refractivity contribution is -0.308. The van der Waals surface area contributed by atoms with Crippen LogP contribution in [0.5, 0.6) is 0 Å². The molecule has 0 unspecified atom stereocenters. The SMILES string of the molecule is O=C([O-])C1(Br)CCCC1. The molecule has 0 N–H and O–H groups in total. The predicted octanol–water partition coefficient (Wildman–Crippen LogP) is 0.444. The first-order valence-electron chi connectivity index (χ1n) is 3.05. The van der Waals surface area contributed by atoms with Gasteiger partial charge in [-0.25, -0.2) is 0 Å². The van der Waals surface area contributed by atoms with Crippen molar-refractivity contribution in [1.82, 2.24) is 0 Å². The molecule has 0 bridgehead atoms. The van der Waals surface area contributed by atoms with Gasteiger partial charge in [0.25, 0.3) is 0 Å². The average Bonchev–Trinajstić information content (AvgIpc) is 2.16. The van der Waals surface area contributed by atoms with Crippen LogP contribution >= 0.6 is 15.9 Å². The molecule has 0 aromatic carbocycles. The lowest BCUT2D eigenvalue weighted by atomic mass is 10.1. The van der Waals surface area contributed by atoms with E-state index >= 15 is 0 Å². The third-order valence-electron chi connectivity index (χ3n) is 1.76. The number of hydrogen-bond acceptors (Lipinski definition) is 2. The molecule has 1 rings (SSSR count). The van der Waals surface area contributed by atoms with E-state index in [1.165, 1.54) is 0 Å². The van der Waals surface area contributed by atoms with E-state index in [4.69, 9.17) is 0 Å². The van der Waals surface area contributed by atoms with Gasteiger partial charge in [-0.2, -0.15) is 0 Å². The van der Waals surface area contributed by atoms with Gasteiger partial charge in [0.2, 0.25) is 0 Å². The van der Waals surface area contributed by atoms with Gasteiger partial charge in [-0.05, 0) is 12.8 Å². The number of carbonyl (C=O) groups excluding carboxylic acids is 1. The van der Waals surface area contributed by atoms with E-state index in [0.717, 1.165) is 25.7 Å². The van der Waals surface area contributed by atoms with Crippen molar-refractivity contribution in [2.24, 2.45) is 0 Å². The maximum atomic E-state index is 10.4. The van der Waals surface area contributed by atoms with E-state index in [0.29, 0.717) is 0 Å². The molecule has 1 saturated carbocycles. The third kappa shape index (κ3) is 1.26. The zero-order chi connectivity index (χ0) is 6.91. The molecule has 0 aromatic heterocycles. The van der Waals surface area contributed by atoms with Crippen LogP contribution in [-0.2, 0) is 4.79 Å². The highest BCUT2D eigenvalue weighted by atomic mass is 79.9. The fraction of sp³-hybridized carbons (Fsp3) is 0.833. The van der Waals surface area contributed by atoms with Crippen molar-refractivity contribution in [3.8, 4) is 0 Å². The first-order chi connectivity index (χ1) is 4.15. The Morgan fingerprint density at radius 3 is 2.11 bits per heavy atom. The van der Waals surface area contributed by atoms with Crippen LogP contribution in [0.15, 0.2) is 0 Å². The molecule has 2 nitrogen and oxygen atoms in total. The summed E-state index contributed by atoms with van der Waals surface area (Å²) >= 11 is 3.15. The van der Waals surface area contributed by atoms with Gasteiger partial charge in [0.1, 0.15) is 0 Å². The van der Waals surface area contributed by atoms with Gasteiger partial charge in [-0.3, -0.25) is 0 Å². The van der Waals surface area contributed by atoms with Crippen molar-refractivity contribution in [2.75, 3.05) is 0 Å². The van der Waals surface area contributed by atoms with Crippen LogP contribution in [0, 0.1) is 0 Å². The van der Waals surface area contributed by atoms with E-state index < -0.39 is 10.3 Å². The molecule has 9 heavy (non-hydrogen) atoms. The van der Waals surface area contributed by atoms with Crippen LogP contribution in [-0.4, -0.2) is 10.3 Å². The topological polar surface area (TPSA) is 40.1 Å². The quantitative estimate of drug-likeness (QED) is 0.565. The molecule has 1 fully saturated rings. The summed E-state index contributed by atoms with van der Waals surface area (Å²) in [5.41, 5.74) is 0. The second-order valence-corrected chi connectivity index (χ2v) is 3.98. The zero-order valence-corrected chi connectivity index (χ0v) is 6.61. The summed E-state index contributed by atoms with van der Waals surface area (Å²) in [6.45, 7) is 0. The van der Waals surface area contributed by atoms with Crippen molar-refractivity contribution in [2.45, 2.75) is 30.0 Å². The Balaban J connectivity index is 2.61. The van der Waals surface area contributed by atoms with Gasteiger partial charge < -0.3 is 9.90 Å². The van der Waals surface area contributed by atoms with E-state index in [1.807, 2.05) is 0 Å². The number of halogens is 1. The molecule has 0 amide bonds. The molecule has 0 saturated heterocycles. The minimum Gasteiger partial charge on any atom is -0.549 e. The fourth-order valence-electron chi connectivity index (χ4n) is 1.14. The lowest BCUT2D eigenvalue weighted by Gasteiger charge is -2.21. The molecule has 52 valence electrons. The summed E-state index contributed by atoms with van der Waals surface area (Å²) in [7, 11) is 0. The number of alkyl halides is 1. The summed E-state index contributed by atoms with van der Waals surface area (Å²) < 4.78 is -0.687. The van der Waals surface area contributed by atoms with Crippen molar-refractivity contribution >= 4 is 21.9 Å². The maximum Gasteiger partial charge on any atom is 0.0651 e. The van der Waals surface area contributed by atoms with Crippen LogP contribution in [0.2, 0.25) is 0 Å². The molecule has 0 atom stereocenters. The van der Waals surface area contributed by atoms with Gasteiger partial charge in [-0.15, -0.1) is 0 Å². The van der Waals surface area contributed by atoms with Gasteiger partial charge in [-0.1, -0.05) is 28.8 Å². The third-order valence-corrected chi connectivity index (χ3v) is 2.88. The summed E-state index contributed by atoms with van der Waals surface area (Å²) in [4.78, 5) is 10.4. The standard InChI is InChI=1S/C6H9BrO2/c7-6(5(8)9)3-1-2-4-6/h1-4H2,(H,8,9)/p-1. The molecular formula is C6H8BrO2-. The fourth-order valence-corrected chi connectivity index (χ4v) is 1.70. The largest absolute Gasteiger partial charge is 0.549 e. The van der Waals surface area contributed by atoms with Gasteiger partial charge in [0.15, 0.2) is 0 Å². The lowest BCUT2D eigenvalue weighted by Crippen LogP contribution is -2.41. The summed E-state index contributed by atoms with van der Waals surface area (Å²) in [6.07, 6.45) is 3.43.